The summed E-state index contributed by atoms with van der Waals surface area (Å²) in [5, 5.41) is 8.43. The zero-order chi connectivity index (χ0) is 15.1. The van der Waals surface area contributed by atoms with Crippen molar-refractivity contribution in [3.05, 3.63) is 15.5 Å². The van der Waals surface area contributed by atoms with Gasteiger partial charge in [0.2, 0.25) is 0 Å². The standard InChI is InChI=1S/C14H22N4S2/c1-8(2)7-18-12(16-17-13(18)19)10-11(14(4,5)6)15-9(3)20-10/h8H,7H2,1-6H3,(H,17,19). The highest BCUT2D eigenvalue weighted by Crippen LogP contribution is 2.36. The summed E-state index contributed by atoms with van der Waals surface area (Å²) in [7, 11) is 0. The molecule has 0 bridgehead atoms. The highest BCUT2D eigenvalue weighted by Gasteiger charge is 2.26. The van der Waals surface area contributed by atoms with Crippen LogP contribution in [-0.2, 0) is 12.0 Å². The molecule has 110 valence electrons. The number of aromatic nitrogens is 4. The molecule has 2 aromatic rings. The van der Waals surface area contributed by atoms with E-state index in [1.54, 1.807) is 11.3 Å². The Bertz CT molecular complexity index is 656. The fourth-order valence-corrected chi connectivity index (χ4v) is 3.45. The molecule has 1 N–H and O–H groups in total. The second-order valence-corrected chi connectivity index (χ2v) is 8.11. The second-order valence-electron chi connectivity index (χ2n) is 6.52. The molecule has 0 aliphatic heterocycles. The van der Waals surface area contributed by atoms with E-state index in [0.717, 1.165) is 27.9 Å². The molecule has 2 heterocycles. The molecule has 0 unspecified atom stereocenters. The van der Waals surface area contributed by atoms with Gasteiger partial charge in [0, 0.05) is 12.0 Å². The minimum Gasteiger partial charge on any atom is -0.299 e. The fourth-order valence-electron chi connectivity index (χ4n) is 2.11. The van der Waals surface area contributed by atoms with E-state index in [1.807, 2.05) is 6.92 Å². The summed E-state index contributed by atoms with van der Waals surface area (Å²) in [5.74, 6) is 1.43. The summed E-state index contributed by atoms with van der Waals surface area (Å²) in [6, 6.07) is 0. The van der Waals surface area contributed by atoms with Crippen molar-refractivity contribution >= 4 is 23.6 Å². The summed E-state index contributed by atoms with van der Waals surface area (Å²) >= 11 is 7.05. The van der Waals surface area contributed by atoms with Gasteiger partial charge in [0.25, 0.3) is 0 Å². The summed E-state index contributed by atoms with van der Waals surface area (Å²) in [4.78, 5) is 5.83. The van der Waals surface area contributed by atoms with Gasteiger partial charge in [-0.05, 0) is 25.1 Å². The number of H-pyrrole nitrogens is 1. The van der Waals surface area contributed by atoms with Gasteiger partial charge >= 0.3 is 0 Å². The third-order valence-electron chi connectivity index (χ3n) is 2.95. The molecule has 0 aliphatic carbocycles. The molecule has 0 aliphatic rings. The predicted molar refractivity (Wildman–Crippen MR) is 86.8 cm³/mol. The molecule has 0 saturated carbocycles. The van der Waals surface area contributed by atoms with E-state index in [-0.39, 0.29) is 5.41 Å². The summed E-state index contributed by atoms with van der Waals surface area (Å²) in [6.45, 7) is 13.8. The Morgan fingerprint density at radius 3 is 2.55 bits per heavy atom. The summed E-state index contributed by atoms with van der Waals surface area (Å²) in [5.41, 5.74) is 1.09. The van der Waals surface area contributed by atoms with Crippen molar-refractivity contribution in [3.63, 3.8) is 0 Å². The van der Waals surface area contributed by atoms with E-state index >= 15 is 0 Å². The normalized spacial score (nSPS) is 12.3. The van der Waals surface area contributed by atoms with Gasteiger partial charge in [-0.1, -0.05) is 34.6 Å². The van der Waals surface area contributed by atoms with Crippen molar-refractivity contribution in [1.82, 2.24) is 19.7 Å². The lowest BCUT2D eigenvalue weighted by Crippen LogP contribution is -2.14. The number of nitrogens with zero attached hydrogens (tertiary/aromatic N) is 3. The van der Waals surface area contributed by atoms with Crippen LogP contribution >= 0.6 is 23.6 Å². The fraction of sp³-hybridized carbons (Fsp3) is 0.643. The van der Waals surface area contributed by atoms with Crippen molar-refractivity contribution in [2.75, 3.05) is 0 Å². The number of hydrogen-bond donors (Lipinski definition) is 1. The molecule has 0 aromatic carbocycles. The SMILES string of the molecule is Cc1nc(C(C)(C)C)c(-c2n[nH]c(=S)n2CC(C)C)s1. The lowest BCUT2D eigenvalue weighted by atomic mass is 9.91. The van der Waals surface area contributed by atoms with Gasteiger partial charge in [-0.15, -0.1) is 11.3 Å². The van der Waals surface area contributed by atoms with Crippen LogP contribution in [0.2, 0.25) is 0 Å². The summed E-state index contributed by atoms with van der Waals surface area (Å²) in [6.07, 6.45) is 0. The van der Waals surface area contributed by atoms with Gasteiger partial charge in [0.15, 0.2) is 10.6 Å². The van der Waals surface area contributed by atoms with Gasteiger partial charge in [0.1, 0.15) is 0 Å². The Balaban J connectivity index is 2.61. The maximum Gasteiger partial charge on any atom is 0.195 e. The van der Waals surface area contributed by atoms with Crippen molar-refractivity contribution in [3.8, 4) is 10.7 Å². The first-order chi connectivity index (χ1) is 9.20. The van der Waals surface area contributed by atoms with Crippen LogP contribution in [-0.4, -0.2) is 19.7 Å². The van der Waals surface area contributed by atoms with Crippen molar-refractivity contribution in [2.45, 2.75) is 53.5 Å². The van der Waals surface area contributed by atoms with Crippen molar-refractivity contribution < 1.29 is 0 Å². The number of rotatable bonds is 3. The lowest BCUT2D eigenvalue weighted by Gasteiger charge is -2.18. The molecule has 2 aromatic heterocycles. The predicted octanol–water partition coefficient (Wildman–Crippen LogP) is 4.33. The number of hydrogen-bond acceptors (Lipinski definition) is 4. The van der Waals surface area contributed by atoms with E-state index in [9.17, 15) is 0 Å². The topological polar surface area (TPSA) is 46.5 Å². The lowest BCUT2D eigenvalue weighted by molar-refractivity contribution is 0.520. The van der Waals surface area contributed by atoms with E-state index in [0.29, 0.717) is 10.7 Å². The number of aromatic amines is 1. The van der Waals surface area contributed by atoms with Crippen LogP contribution in [0.3, 0.4) is 0 Å². The largest absolute Gasteiger partial charge is 0.299 e. The number of aryl methyl sites for hydroxylation is 1. The monoisotopic (exact) mass is 310 g/mol. The Kier molecular flexibility index (Phi) is 4.16. The van der Waals surface area contributed by atoms with Crippen molar-refractivity contribution in [1.29, 1.82) is 0 Å². The first-order valence-electron chi connectivity index (χ1n) is 6.83. The van der Waals surface area contributed by atoms with Gasteiger partial charge in [-0.2, -0.15) is 5.10 Å². The van der Waals surface area contributed by atoms with Crippen LogP contribution in [0.5, 0.6) is 0 Å². The average Bonchev–Trinajstić information content (AvgIpc) is 2.82. The molecule has 0 fully saturated rings. The Hall–Kier alpha value is -1.01. The van der Waals surface area contributed by atoms with Gasteiger partial charge in [0.05, 0.1) is 15.6 Å². The quantitative estimate of drug-likeness (QED) is 0.859. The van der Waals surface area contributed by atoms with Crippen LogP contribution in [0, 0.1) is 17.6 Å². The first kappa shape index (κ1) is 15.4. The van der Waals surface area contributed by atoms with E-state index < -0.39 is 0 Å². The first-order valence-corrected chi connectivity index (χ1v) is 8.06. The maximum absolute atomic E-state index is 5.36. The number of thiazole rings is 1. The molecular weight excluding hydrogens is 288 g/mol. The Morgan fingerprint density at radius 2 is 2.00 bits per heavy atom. The van der Waals surface area contributed by atoms with E-state index in [4.69, 9.17) is 17.2 Å². The minimum atomic E-state index is -0.00365. The van der Waals surface area contributed by atoms with Crippen LogP contribution in [0.1, 0.15) is 45.3 Å². The van der Waals surface area contributed by atoms with Crippen LogP contribution in [0.15, 0.2) is 0 Å². The molecule has 0 saturated heterocycles. The maximum atomic E-state index is 5.36. The molecule has 2 rings (SSSR count). The average molecular weight is 310 g/mol. The van der Waals surface area contributed by atoms with Gasteiger partial charge < -0.3 is 0 Å². The molecule has 0 spiro atoms. The van der Waals surface area contributed by atoms with Gasteiger partial charge in [-0.3, -0.25) is 9.67 Å². The van der Waals surface area contributed by atoms with Crippen LogP contribution in [0.4, 0.5) is 0 Å². The zero-order valence-corrected chi connectivity index (χ0v) is 14.6. The molecular formula is C14H22N4S2. The highest BCUT2D eigenvalue weighted by atomic mass is 32.1. The molecule has 0 radical (unpaired) electrons. The molecule has 20 heavy (non-hydrogen) atoms. The zero-order valence-electron chi connectivity index (χ0n) is 12.9. The highest BCUT2D eigenvalue weighted by molar-refractivity contribution is 7.71. The third-order valence-corrected chi connectivity index (χ3v) is 4.23. The van der Waals surface area contributed by atoms with Crippen LogP contribution < -0.4 is 0 Å². The van der Waals surface area contributed by atoms with Crippen LogP contribution in [0.25, 0.3) is 10.7 Å². The van der Waals surface area contributed by atoms with E-state index in [2.05, 4.69) is 49.4 Å². The Morgan fingerprint density at radius 1 is 1.35 bits per heavy atom. The summed E-state index contributed by atoms with van der Waals surface area (Å²) < 4.78 is 2.77. The van der Waals surface area contributed by atoms with Crippen molar-refractivity contribution in [2.24, 2.45) is 5.92 Å². The Labute approximate surface area is 129 Å². The third kappa shape index (κ3) is 3.01. The minimum absolute atomic E-state index is 0.00365. The smallest absolute Gasteiger partial charge is 0.195 e. The molecule has 6 heteroatoms. The molecule has 0 amide bonds. The molecule has 4 nitrogen and oxygen atoms in total. The van der Waals surface area contributed by atoms with E-state index in [1.165, 1.54) is 0 Å². The molecule has 0 atom stereocenters. The van der Waals surface area contributed by atoms with Gasteiger partial charge in [-0.25, -0.2) is 4.98 Å². The second kappa shape index (κ2) is 5.41. The number of nitrogens with one attached hydrogen (secondary N) is 1.